The van der Waals surface area contributed by atoms with Gasteiger partial charge in [-0.2, -0.15) is 0 Å². The molecule has 21 heavy (non-hydrogen) atoms. The van der Waals surface area contributed by atoms with Crippen LogP contribution in [0.1, 0.15) is 23.7 Å². The Morgan fingerprint density at radius 1 is 1.00 bits per heavy atom. The van der Waals surface area contributed by atoms with E-state index in [0.29, 0.717) is 0 Å². The zero-order valence-corrected chi connectivity index (χ0v) is 11.6. The second kappa shape index (κ2) is 5.05. The minimum absolute atomic E-state index is 0.245. The molecular formula is C17H16N4. The lowest BCUT2D eigenvalue weighted by Crippen LogP contribution is -2.20. The number of hydrogen-bond donors (Lipinski definition) is 1. The van der Waals surface area contributed by atoms with Crippen LogP contribution in [-0.4, -0.2) is 15.0 Å². The molecule has 4 rings (SSSR count). The van der Waals surface area contributed by atoms with Gasteiger partial charge in [0.05, 0.1) is 23.6 Å². The maximum atomic E-state index is 4.24. The van der Waals surface area contributed by atoms with Crippen LogP contribution in [0.15, 0.2) is 60.8 Å². The fourth-order valence-corrected chi connectivity index (χ4v) is 2.91. The van der Waals surface area contributed by atoms with Crippen molar-refractivity contribution in [2.45, 2.75) is 18.9 Å². The fraction of sp³-hybridized carbons (Fsp3) is 0.176. The van der Waals surface area contributed by atoms with Gasteiger partial charge < -0.3 is 5.32 Å². The topological polar surface area (TPSA) is 42.7 Å². The first kappa shape index (κ1) is 12.1. The molecule has 0 radical (unpaired) electrons. The summed E-state index contributed by atoms with van der Waals surface area (Å²) in [6.45, 7) is 0. The Hall–Kier alpha value is -2.62. The molecule has 1 atom stereocenters. The zero-order valence-electron chi connectivity index (χ0n) is 11.6. The number of fused-ring (bicyclic) bond motifs is 1. The van der Waals surface area contributed by atoms with E-state index in [-0.39, 0.29) is 6.04 Å². The van der Waals surface area contributed by atoms with Crippen molar-refractivity contribution < 1.29 is 0 Å². The first-order valence-electron chi connectivity index (χ1n) is 7.22. The summed E-state index contributed by atoms with van der Waals surface area (Å²) >= 11 is 0. The predicted molar refractivity (Wildman–Crippen MR) is 82.5 cm³/mol. The second-order valence-electron chi connectivity index (χ2n) is 5.30. The highest BCUT2D eigenvalue weighted by molar-refractivity contribution is 5.54. The Morgan fingerprint density at radius 2 is 1.81 bits per heavy atom. The smallest absolute Gasteiger partial charge is 0.0868 e. The van der Waals surface area contributed by atoms with Gasteiger partial charge in [0.25, 0.3) is 0 Å². The van der Waals surface area contributed by atoms with Crippen molar-refractivity contribution >= 4 is 5.69 Å². The zero-order chi connectivity index (χ0) is 14.1. The summed E-state index contributed by atoms with van der Waals surface area (Å²) in [5.41, 5.74) is 4.75. The molecule has 0 amide bonds. The molecule has 4 nitrogen and oxygen atoms in total. The van der Waals surface area contributed by atoms with E-state index in [4.69, 9.17) is 0 Å². The van der Waals surface area contributed by atoms with Gasteiger partial charge in [-0.25, -0.2) is 4.68 Å². The number of rotatable bonds is 2. The van der Waals surface area contributed by atoms with E-state index in [9.17, 15) is 0 Å². The molecule has 1 unspecified atom stereocenters. The molecule has 0 bridgehead atoms. The van der Waals surface area contributed by atoms with Crippen LogP contribution in [0.3, 0.4) is 0 Å². The van der Waals surface area contributed by atoms with Crippen molar-refractivity contribution in [3.05, 3.63) is 72.1 Å². The Labute approximate surface area is 123 Å². The van der Waals surface area contributed by atoms with Gasteiger partial charge in [-0.15, -0.1) is 5.10 Å². The van der Waals surface area contributed by atoms with Crippen LogP contribution in [0.4, 0.5) is 5.69 Å². The van der Waals surface area contributed by atoms with Gasteiger partial charge in [0, 0.05) is 5.69 Å². The standard InChI is InChI=1S/C17H16N4/c1-2-7-14(8-3-1)21-17(12-18-20-21)16-11-10-13-6-4-5-9-15(13)19-16/h1-9,12,16,19H,10-11H2. The Balaban J connectivity index is 1.69. The number of hydrogen-bond acceptors (Lipinski definition) is 3. The quantitative estimate of drug-likeness (QED) is 0.780. The first-order valence-corrected chi connectivity index (χ1v) is 7.22. The van der Waals surface area contributed by atoms with Crippen LogP contribution in [0.5, 0.6) is 0 Å². The van der Waals surface area contributed by atoms with Crippen LogP contribution in [0.2, 0.25) is 0 Å². The number of nitrogens with one attached hydrogen (secondary N) is 1. The molecule has 1 N–H and O–H groups in total. The Bertz CT molecular complexity index is 748. The van der Waals surface area contributed by atoms with E-state index >= 15 is 0 Å². The molecule has 0 spiro atoms. The van der Waals surface area contributed by atoms with Crippen molar-refractivity contribution in [1.29, 1.82) is 0 Å². The lowest BCUT2D eigenvalue weighted by Gasteiger charge is -2.27. The van der Waals surface area contributed by atoms with E-state index in [2.05, 4.69) is 52.0 Å². The normalized spacial score (nSPS) is 17.0. The van der Waals surface area contributed by atoms with Gasteiger partial charge in [-0.3, -0.25) is 0 Å². The fourth-order valence-electron chi connectivity index (χ4n) is 2.91. The highest BCUT2D eigenvalue weighted by atomic mass is 15.4. The SMILES string of the molecule is c1ccc(-n2nncc2C2CCc3ccccc3N2)cc1. The average Bonchev–Trinajstić information content (AvgIpc) is 3.05. The molecule has 104 valence electrons. The molecule has 0 saturated heterocycles. The summed E-state index contributed by atoms with van der Waals surface area (Å²) in [4.78, 5) is 0. The molecule has 0 fully saturated rings. The van der Waals surface area contributed by atoms with Crippen LogP contribution in [-0.2, 0) is 6.42 Å². The number of nitrogens with zero attached hydrogens (tertiary/aromatic N) is 3. The Kier molecular flexibility index (Phi) is 2.92. The van der Waals surface area contributed by atoms with Crippen LogP contribution >= 0.6 is 0 Å². The third-order valence-electron chi connectivity index (χ3n) is 3.98. The largest absolute Gasteiger partial charge is 0.376 e. The third kappa shape index (κ3) is 2.18. The number of benzene rings is 2. The van der Waals surface area contributed by atoms with Crippen molar-refractivity contribution in [2.75, 3.05) is 5.32 Å². The molecule has 0 saturated carbocycles. The minimum Gasteiger partial charge on any atom is -0.376 e. The predicted octanol–water partition coefficient (Wildman–Crippen LogP) is 3.37. The number of para-hydroxylation sites is 2. The van der Waals surface area contributed by atoms with E-state index < -0.39 is 0 Å². The van der Waals surface area contributed by atoms with Crippen molar-refractivity contribution in [1.82, 2.24) is 15.0 Å². The molecule has 2 heterocycles. The molecule has 1 aliphatic heterocycles. The van der Waals surface area contributed by atoms with Crippen molar-refractivity contribution in [3.8, 4) is 5.69 Å². The highest BCUT2D eigenvalue weighted by Crippen LogP contribution is 2.32. The third-order valence-corrected chi connectivity index (χ3v) is 3.98. The van der Waals surface area contributed by atoms with Gasteiger partial charge in [-0.05, 0) is 36.6 Å². The second-order valence-corrected chi connectivity index (χ2v) is 5.30. The van der Waals surface area contributed by atoms with Gasteiger partial charge in [0.2, 0.25) is 0 Å². The maximum Gasteiger partial charge on any atom is 0.0868 e. The molecule has 0 aliphatic carbocycles. The van der Waals surface area contributed by atoms with Crippen molar-refractivity contribution in [2.24, 2.45) is 0 Å². The summed E-state index contributed by atoms with van der Waals surface area (Å²) < 4.78 is 1.92. The molecule has 4 heteroatoms. The summed E-state index contributed by atoms with van der Waals surface area (Å²) in [6.07, 6.45) is 3.99. The number of anilines is 1. The van der Waals surface area contributed by atoms with Gasteiger partial charge in [-0.1, -0.05) is 41.6 Å². The lowest BCUT2D eigenvalue weighted by atomic mass is 9.96. The Morgan fingerprint density at radius 3 is 2.71 bits per heavy atom. The van der Waals surface area contributed by atoms with Crippen LogP contribution in [0.25, 0.3) is 5.69 Å². The van der Waals surface area contributed by atoms with E-state index in [1.807, 2.05) is 29.1 Å². The van der Waals surface area contributed by atoms with E-state index in [0.717, 1.165) is 24.2 Å². The summed E-state index contributed by atoms with van der Waals surface area (Å²) in [6, 6.07) is 18.9. The molecule has 1 aliphatic rings. The summed E-state index contributed by atoms with van der Waals surface area (Å²) in [5, 5.41) is 12.0. The number of aromatic nitrogens is 3. The average molecular weight is 276 g/mol. The monoisotopic (exact) mass is 276 g/mol. The van der Waals surface area contributed by atoms with Gasteiger partial charge in [0.15, 0.2) is 0 Å². The first-order chi connectivity index (χ1) is 10.4. The van der Waals surface area contributed by atoms with E-state index in [1.165, 1.54) is 11.3 Å². The molecule has 2 aromatic carbocycles. The number of aryl methyl sites for hydroxylation is 1. The van der Waals surface area contributed by atoms with Gasteiger partial charge in [0.1, 0.15) is 0 Å². The summed E-state index contributed by atoms with van der Waals surface area (Å²) in [7, 11) is 0. The van der Waals surface area contributed by atoms with E-state index in [1.54, 1.807) is 0 Å². The van der Waals surface area contributed by atoms with Crippen LogP contribution < -0.4 is 5.32 Å². The molecular weight excluding hydrogens is 260 g/mol. The van der Waals surface area contributed by atoms with Crippen LogP contribution in [0, 0.1) is 0 Å². The molecule has 3 aromatic rings. The highest BCUT2D eigenvalue weighted by Gasteiger charge is 2.22. The van der Waals surface area contributed by atoms with Gasteiger partial charge >= 0.3 is 0 Å². The summed E-state index contributed by atoms with van der Waals surface area (Å²) in [5.74, 6) is 0. The molecule has 1 aromatic heterocycles. The maximum absolute atomic E-state index is 4.24. The minimum atomic E-state index is 0.245. The van der Waals surface area contributed by atoms with Crippen molar-refractivity contribution in [3.63, 3.8) is 0 Å². The lowest BCUT2D eigenvalue weighted by molar-refractivity contribution is 0.620.